The largest absolute Gasteiger partial charge is 0.331 e. The average Bonchev–Trinajstić information content (AvgIpc) is 2.48. The highest BCUT2D eigenvalue weighted by Gasteiger charge is 2.18. The molecule has 0 aliphatic carbocycles. The minimum atomic E-state index is -0.809. The van der Waals surface area contributed by atoms with Gasteiger partial charge in [-0.1, -0.05) is 44.2 Å². The normalized spacial score (nSPS) is 12.0. The first-order chi connectivity index (χ1) is 10.5. The van der Waals surface area contributed by atoms with Crippen LogP contribution in [0, 0.1) is 17.6 Å². The topological polar surface area (TPSA) is 41.1 Å². The first-order valence-corrected chi connectivity index (χ1v) is 7.05. The Labute approximate surface area is 128 Å². The third-order valence-corrected chi connectivity index (χ3v) is 3.29. The summed E-state index contributed by atoms with van der Waals surface area (Å²) in [5.74, 6) is -1.34. The zero-order chi connectivity index (χ0) is 16.1. The lowest BCUT2D eigenvalue weighted by Crippen LogP contribution is -2.35. The molecule has 2 N–H and O–H groups in total. The van der Waals surface area contributed by atoms with E-state index in [9.17, 15) is 13.6 Å². The van der Waals surface area contributed by atoms with Crippen LogP contribution in [-0.2, 0) is 0 Å². The molecule has 0 aliphatic heterocycles. The fourth-order valence-corrected chi connectivity index (χ4v) is 2.19. The third-order valence-electron chi connectivity index (χ3n) is 3.29. The molecule has 0 radical (unpaired) electrons. The molecule has 0 saturated heterocycles. The summed E-state index contributed by atoms with van der Waals surface area (Å²) in [5, 5.41) is 5.21. The van der Waals surface area contributed by atoms with Gasteiger partial charge in [-0.05, 0) is 23.6 Å². The minimum absolute atomic E-state index is 0.0607. The lowest BCUT2D eigenvalue weighted by Gasteiger charge is -2.23. The standard InChI is InChI=1S/C17H18F2N2O/c1-11(2)16(12-6-4-3-5-7-12)21-17(22)20-15-9-8-13(18)10-14(15)19/h3-11,16H,1-2H3,(H2,20,21,22)/t16-/m0/s1. The van der Waals surface area contributed by atoms with Crippen LogP contribution < -0.4 is 10.6 Å². The summed E-state index contributed by atoms with van der Waals surface area (Å²) >= 11 is 0. The van der Waals surface area contributed by atoms with Crippen LogP contribution in [0.4, 0.5) is 19.3 Å². The third kappa shape index (κ3) is 4.04. The molecule has 3 nitrogen and oxygen atoms in total. The van der Waals surface area contributed by atoms with Crippen molar-refractivity contribution in [3.63, 3.8) is 0 Å². The minimum Gasteiger partial charge on any atom is -0.331 e. The van der Waals surface area contributed by atoms with Gasteiger partial charge in [0.2, 0.25) is 0 Å². The van der Waals surface area contributed by atoms with E-state index < -0.39 is 17.7 Å². The molecule has 2 aromatic carbocycles. The fraction of sp³-hybridized carbons (Fsp3) is 0.235. The highest BCUT2D eigenvalue weighted by molar-refractivity contribution is 5.89. The monoisotopic (exact) mass is 304 g/mol. The van der Waals surface area contributed by atoms with Crippen molar-refractivity contribution in [2.24, 2.45) is 5.92 Å². The highest BCUT2D eigenvalue weighted by atomic mass is 19.1. The zero-order valence-corrected chi connectivity index (χ0v) is 12.4. The number of anilines is 1. The van der Waals surface area contributed by atoms with Crippen LogP contribution in [0.3, 0.4) is 0 Å². The SMILES string of the molecule is CC(C)[C@H](NC(=O)Nc1ccc(F)cc1F)c1ccccc1. The molecule has 2 aromatic rings. The molecule has 116 valence electrons. The number of urea groups is 1. The van der Waals surface area contributed by atoms with Gasteiger partial charge in [-0.15, -0.1) is 0 Å². The molecule has 2 rings (SSSR count). The van der Waals surface area contributed by atoms with Crippen LogP contribution in [0.2, 0.25) is 0 Å². The first kappa shape index (κ1) is 15.9. The summed E-state index contributed by atoms with van der Waals surface area (Å²) in [5.41, 5.74) is 0.904. The van der Waals surface area contributed by atoms with E-state index in [-0.39, 0.29) is 17.6 Å². The summed E-state index contributed by atoms with van der Waals surface area (Å²) in [6.45, 7) is 3.97. The van der Waals surface area contributed by atoms with Gasteiger partial charge < -0.3 is 10.6 Å². The van der Waals surface area contributed by atoms with E-state index in [1.165, 1.54) is 6.07 Å². The quantitative estimate of drug-likeness (QED) is 0.859. The van der Waals surface area contributed by atoms with Crippen molar-refractivity contribution in [1.82, 2.24) is 5.32 Å². The van der Waals surface area contributed by atoms with Crippen LogP contribution in [-0.4, -0.2) is 6.03 Å². The smallest absolute Gasteiger partial charge is 0.319 e. The molecule has 1 atom stereocenters. The number of carbonyl (C=O) groups is 1. The Morgan fingerprint density at radius 3 is 2.32 bits per heavy atom. The maximum atomic E-state index is 13.5. The summed E-state index contributed by atoms with van der Waals surface area (Å²) in [6, 6.07) is 11.8. The molecule has 0 saturated carbocycles. The van der Waals surface area contributed by atoms with Gasteiger partial charge in [-0.25, -0.2) is 13.6 Å². The van der Waals surface area contributed by atoms with Crippen molar-refractivity contribution in [3.8, 4) is 0 Å². The van der Waals surface area contributed by atoms with Crippen molar-refractivity contribution in [2.45, 2.75) is 19.9 Å². The van der Waals surface area contributed by atoms with Crippen molar-refractivity contribution in [3.05, 3.63) is 65.7 Å². The Bertz CT molecular complexity index is 644. The molecular weight excluding hydrogens is 286 g/mol. The first-order valence-electron chi connectivity index (χ1n) is 7.05. The Balaban J connectivity index is 2.09. The van der Waals surface area contributed by atoms with Gasteiger partial charge in [0.05, 0.1) is 11.7 Å². The average molecular weight is 304 g/mol. The predicted molar refractivity (Wildman–Crippen MR) is 82.5 cm³/mol. The van der Waals surface area contributed by atoms with E-state index in [1.807, 2.05) is 44.2 Å². The Morgan fingerprint density at radius 1 is 1.05 bits per heavy atom. The second-order valence-corrected chi connectivity index (χ2v) is 5.36. The van der Waals surface area contributed by atoms with Crippen LogP contribution in [0.25, 0.3) is 0 Å². The molecular formula is C17H18F2N2O. The van der Waals surface area contributed by atoms with E-state index in [2.05, 4.69) is 10.6 Å². The van der Waals surface area contributed by atoms with E-state index in [1.54, 1.807) is 0 Å². The van der Waals surface area contributed by atoms with E-state index in [0.29, 0.717) is 0 Å². The Hall–Kier alpha value is -2.43. The van der Waals surface area contributed by atoms with Gasteiger partial charge in [0, 0.05) is 6.07 Å². The number of benzene rings is 2. The molecule has 5 heteroatoms. The molecule has 0 aliphatic rings. The number of amides is 2. The van der Waals surface area contributed by atoms with Gasteiger partial charge in [-0.3, -0.25) is 0 Å². The van der Waals surface area contributed by atoms with Gasteiger partial charge in [0.25, 0.3) is 0 Å². The van der Waals surface area contributed by atoms with Gasteiger partial charge in [0.1, 0.15) is 11.6 Å². The highest BCUT2D eigenvalue weighted by Crippen LogP contribution is 2.22. The predicted octanol–water partition coefficient (Wildman–Crippen LogP) is 4.48. The molecule has 0 aromatic heterocycles. The summed E-state index contributed by atoms with van der Waals surface area (Å²) in [7, 11) is 0. The lowest BCUT2D eigenvalue weighted by atomic mass is 9.96. The van der Waals surface area contributed by atoms with E-state index in [4.69, 9.17) is 0 Å². The van der Waals surface area contributed by atoms with Gasteiger partial charge >= 0.3 is 6.03 Å². The molecule has 0 spiro atoms. The summed E-state index contributed by atoms with van der Waals surface area (Å²) in [6.07, 6.45) is 0. The second kappa shape index (κ2) is 7.02. The molecule has 22 heavy (non-hydrogen) atoms. The molecule has 0 heterocycles. The van der Waals surface area contributed by atoms with E-state index >= 15 is 0 Å². The van der Waals surface area contributed by atoms with Gasteiger partial charge in [-0.2, -0.15) is 0 Å². The van der Waals surface area contributed by atoms with E-state index in [0.717, 1.165) is 17.7 Å². The molecule has 0 fully saturated rings. The molecule has 0 unspecified atom stereocenters. The molecule has 0 bridgehead atoms. The number of rotatable bonds is 4. The number of hydrogen-bond donors (Lipinski definition) is 2. The van der Waals surface area contributed by atoms with Gasteiger partial charge in [0.15, 0.2) is 0 Å². The van der Waals surface area contributed by atoms with Crippen molar-refractivity contribution >= 4 is 11.7 Å². The maximum absolute atomic E-state index is 13.5. The van der Waals surface area contributed by atoms with Crippen LogP contribution >= 0.6 is 0 Å². The van der Waals surface area contributed by atoms with Crippen LogP contribution in [0.5, 0.6) is 0 Å². The Kier molecular flexibility index (Phi) is 5.09. The second-order valence-electron chi connectivity index (χ2n) is 5.36. The zero-order valence-electron chi connectivity index (χ0n) is 12.4. The Morgan fingerprint density at radius 2 is 1.73 bits per heavy atom. The van der Waals surface area contributed by atoms with Crippen LogP contribution in [0.1, 0.15) is 25.5 Å². The van der Waals surface area contributed by atoms with Crippen molar-refractivity contribution in [2.75, 3.05) is 5.32 Å². The summed E-state index contributed by atoms with van der Waals surface area (Å²) in [4.78, 5) is 12.1. The number of hydrogen-bond acceptors (Lipinski definition) is 1. The number of nitrogens with one attached hydrogen (secondary N) is 2. The summed E-state index contributed by atoms with van der Waals surface area (Å²) < 4.78 is 26.4. The number of halogens is 2. The van der Waals surface area contributed by atoms with Crippen LogP contribution in [0.15, 0.2) is 48.5 Å². The lowest BCUT2D eigenvalue weighted by molar-refractivity contribution is 0.244. The van der Waals surface area contributed by atoms with Crippen molar-refractivity contribution in [1.29, 1.82) is 0 Å². The van der Waals surface area contributed by atoms with Crippen molar-refractivity contribution < 1.29 is 13.6 Å². The maximum Gasteiger partial charge on any atom is 0.319 e. The fourth-order valence-electron chi connectivity index (χ4n) is 2.19. The number of carbonyl (C=O) groups excluding carboxylic acids is 1. The molecule has 2 amide bonds.